The van der Waals surface area contributed by atoms with Crippen molar-refractivity contribution in [3.05, 3.63) is 101 Å². The Morgan fingerprint density at radius 3 is 2.16 bits per heavy atom. The molecule has 0 radical (unpaired) electrons. The number of rotatable bonds is 8. The quantitative estimate of drug-likeness (QED) is 0.565. The van der Waals surface area contributed by atoms with Crippen molar-refractivity contribution in [2.24, 2.45) is 0 Å². The topological polar surface area (TPSA) is 92.3 Å². The lowest BCUT2D eigenvalue weighted by atomic mass is 10.1. The number of benzene rings is 3. The lowest BCUT2D eigenvalue weighted by Crippen LogP contribution is -2.27. The van der Waals surface area contributed by atoms with Crippen LogP contribution in [0.1, 0.15) is 27.0 Å². The molecule has 0 unspecified atom stereocenters. The minimum atomic E-state index is -3.65. The van der Waals surface area contributed by atoms with Gasteiger partial charge in [0, 0.05) is 6.54 Å². The fraction of sp³-hybridized carbons (Fsp3) is 0.167. The van der Waals surface area contributed by atoms with Gasteiger partial charge >= 0.3 is 0 Å². The molecular formula is C24H24N2O4S. The summed E-state index contributed by atoms with van der Waals surface area (Å²) in [5.41, 5.74) is 3.23. The van der Waals surface area contributed by atoms with E-state index in [1.807, 2.05) is 31.2 Å². The standard InChI is InChI=1S/C24H24N2O4S/c1-18-11-13-19(14-12-18)15-25-24(28)21-9-5-6-10-22(21)26-23(27)17-31(29,30)16-20-7-3-2-4-8-20/h2-14H,15-17H2,1H3,(H,25,28)(H,26,27). The van der Waals surface area contributed by atoms with Crippen molar-refractivity contribution in [1.29, 1.82) is 0 Å². The second-order valence-electron chi connectivity index (χ2n) is 7.28. The fourth-order valence-electron chi connectivity index (χ4n) is 3.04. The third-order valence-corrected chi connectivity index (χ3v) is 6.08. The molecule has 160 valence electrons. The van der Waals surface area contributed by atoms with Crippen LogP contribution in [0.25, 0.3) is 0 Å². The Morgan fingerprint density at radius 1 is 0.806 bits per heavy atom. The van der Waals surface area contributed by atoms with Crippen molar-refractivity contribution in [3.63, 3.8) is 0 Å². The van der Waals surface area contributed by atoms with Gasteiger partial charge < -0.3 is 10.6 Å². The molecule has 0 aromatic heterocycles. The zero-order valence-corrected chi connectivity index (χ0v) is 18.0. The van der Waals surface area contributed by atoms with Gasteiger partial charge in [0.05, 0.1) is 17.0 Å². The van der Waals surface area contributed by atoms with Gasteiger partial charge in [-0.15, -0.1) is 0 Å². The number of para-hydroxylation sites is 1. The molecule has 6 nitrogen and oxygen atoms in total. The van der Waals surface area contributed by atoms with Crippen molar-refractivity contribution in [2.45, 2.75) is 19.2 Å². The van der Waals surface area contributed by atoms with E-state index in [-0.39, 0.29) is 22.9 Å². The number of aryl methyl sites for hydroxylation is 1. The highest BCUT2D eigenvalue weighted by Crippen LogP contribution is 2.16. The lowest BCUT2D eigenvalue weighted by Gasteiger charge is -2.12. The van der Waals surface area contributed by atoms with Crippen molar-refractivity contribution >= 4 is 27.3 Å². The minimum absolute atomic E-state index is 0.222. The Kier molecular flexibility index (Phi) is 7.20. The maximum absolute atomic E-state index is 12.6. The monoisotopic (exact) mass is 436 g/mol. The molecule has 3 rings (SSSR count). The first kappa shape index (κ1) is 22.2. The van der Waals surface area contributed by atoms with Crippen LogP contribution in [0.3, 0.4) is 0 Å². The second kappa shape index (κ2) is 10.0. The van der Waals surface area contributed by atoms with Gasteiger partial charge in [0.25, 0.3) is 5.91 Å². The Labute approximate surface area is 182 Å². The molecule has 7 heteroatoms. The molecule has 3 aromatic rings. The average molecular weight is 437 g/mol. The van der Waals surface area contributed by atoms with E-state index in [0.29, 0.717) is 12.1 Å². The van der Waals surface area contributed by atoms with Crippen LogP contribution >= 0.6 is 0 Å². The number of anilines is 1. The third-order valence-electron chi connectivity index (χ3n) is 4.60. The van der Waals surface area contributed by atoms with E-state index in [0.717, 1.165) is 11.1 Å². The number of nitrogens with one attached hydrogen (secondary N) is 2. The van der Waals surface area contributed by atoms with Crippen LogP contribution in [0.15, 0.2) is 78.9 Å². The predicted molar refractivity (Wildman–Crippen MR) is 121 cm³/mol. The number of hydrogen-bond donors (Lipinski definition) is 2. The van der Waals surface area contributed by atoms with Gasteiger partial charge in [-0.1, -0.05) is 72.3 Å². The summed E-state index contributed by atoms with van der Waals surface area (Å²) in [5.74, 6) is -1.93. The normalized spacial score (nSPS) is 11.0. The summed E-state index contributed by atoms with van der Waals surface area (Å²) < 4.78 is 24.7. The molecule has 0 aliphatic rings. The molecule has 0 aliphatic carbocycles. The van der Waals surface area contributed by atoms with Gasteiger partial charge in [-0.2, -0.15) is 0 Å². The summed E-state index contributed by atoms with van der Waals surface area (Å²) in [6.07, 6.45) is 0. The van der Waals surface area contributed by atoms with Crippen LogP contribution in [-0.2, 0) is 26.9 Å². The zero-order valence-electron chi connectivity index (χ0n) is 17.2. The largest absolute Gasteiger partial charge is 0.348 e. The number of carbonyl (C=O) groups is 2. The van der Waals surface area contributed by atoms with Gasteiger partial charge in [-0.3, -0.25) is 9.59 Å². The van der Waals surface area contributed by atoms with Crippen LogP contribution in [0.5, 0.6) is 0 Å². The molecule has 0 spiro atoms. The molecular weight excluding hydrogens is 412 g/mol. The molecule has 0 atom stereocenters. The van der Waals surface area contributed by atoms with Gasteiger partial charge in [0.15, 0.2) is 9.84 Å². The predicted octanol–water partition coefficient (Wildman–Crippen LogP) is 3.48. The second-order valence-corrected chi connectivity index (χ2v) is 9.34. The molecule has 2 amide bonds. The van der Waals surface area contributed by atoms with Crippen LogP contribution in [-0.4, -0.2) is 26.0 Å². The van der Waals surface area contributed by atoms with Crippen LogP contribution in [0, 0.1) is 6.92 Å². The molecule has 2 N–H and O–H groups in total. The molecule has 0 heterocycles. The first-order valence-electron chi connectivity index (χ1n) is 9.79. The maximum atomic E-state index is 12.6. The Balaban J connectivity index is 1.63. The fourth-order valence-corrected chi connectivity index (χ4v) is 4.31. The molecule has 0 bridgehead atoms. The molecule has 3 aromatic carbocycles. The SMILES string of the molecule is Cc1ccc(CNC(=O)c2ccccc2NC(=O)CS(=O)(=O)Cc2ccccc2)cc1. The highest BCUT2D eigenvalue weighted by atomic mass is 32.2. The highest BCUT2D eigenvalue weighted by Gasteiger charge is 2.19. The van der Waals surface area contributed by atoms with Gasteiger partial charge in [-0.25, -0.2) is 8.42 Å². The minimum Gasteiger partial charge on any atom is -0.348 e. The zero-order chi connectivity index (χ0) is 22.3. The van der Waals surface area contributed by atoms with E-state index in [1.54, 1.807) is 54.6 Å². The Hall–Kier alpha value is -3.45. The maximum Gasteiger partial charge on any atom is 0.253 e. The van der Waals surface area contributed by atoms with Crippen molar-refractivity contribution in [1.82, 2.24) is 5.32 Å². The van der Waals surface area contributed by atoms with Crippen molar-refractivity contribution in [2.75, 3.05) is 11.1 Å². The lowest BCUT2D eigenvalue weighted by molar-refractivity contribution is -0.113. The highest BCUT2D eigenvalue weighted by molar-refractivity contribution is 7.91. The summed E-state index contributed by atoms with van der Waals surface area (Å²) in [5, 5.41) is 5.38. The molecule has 0 fully saturated rings. The van der Waals surface area contributed by atoms with Crippen molar-refractivity contribution < 1.29 is 18.0 Å². The number of hydrogen-bond acceptors (Lipinski definition) is 4. The van der Waals surface area contributed by atoms with E-state index in [1.165, 1.54) is 0 Å². The van der Waals surface area contributed by atoms with Crippen LogP contribution < -0.4 is 10.6 Å². The molecule has 0 aliphatic heterocycles. The number of carbonyl (C=O) groups excluding carboxylic acids is 2. The summed E-state index contributed by atoms with van der Waals surface area (Å²) >= 11 is 0. The molecule has 0 saturated carbocycles. The molecule has 31 heavy (non-hydrogen) atoms. The van der Waals surface area contributed by atoms with Crippen LogP contribution in [0.4, 0.5) is 5.69 Å². The average Bonchev–Trinajstić information content (AvgIpc) is 2.73. The first-order chi connectivity index (χ1) is 14.8. The number of amides is 2. The Morgan fingerprint density at radius 2 is 1.45 bits per heavy atom. The van der Waals surface area contributed by atoms with E-state index >= 15 is 0 Å². The van der Waals surface area contributed by atoms with E-state index < -0.39 is 21.5 Å². The summed E-state index contributed by atoms with van der Waals surface area (Å²) in [4.78, 5) is 25.0. The summed E-state index contributed by atoms with van der Waals surface area (Å²) in [7, 11) is -3.65. The van der Waals surface area contributed by atoms with Gasteiger partial charge in [-0.05, 0) is 30.2 Å². The van der Waals surface area contributed by atoms with Gasteiger partial charge in [0.1, 0.15) is 5.75 Å². The smallest absolute Gasteiger partial charge is 0.253 e. The summed E-state index contributed by atoms with van der Waals surface area (Å²) in [6.45, 7) is 2.33. The van der Waals surface area contributed by atoms with E-state index in [2.05, 4.69) is 10.6 Å². The Bertz CT molecular complexity index is 1160. The molecule has 0 saturated heterocycles. The van der Waals surface area contributed by atoms with Crippen LogP contribution in [0.2, 0.25) is 0 Å². The summed E-state index contributed by atoms with van der Waals surface area (Å²) in [6, 6.07) is 23.0. The van der Waals surface area contributed by atoms with E-state index in [9.17, 15) is 18.0 Å². The third kappa shape index (κ3) is 6.79. The first-order valence-corrected chi connectivity index (χ1v) is 11.6. The van der Waals surface area contributed by atoms with Crippen molar-refractivity contribution in [3.8, 4) is 0 Å². The van der Waals surface area contributed by atoms with Gasteiger partial charge in [0.2, 0.25) is 5.91 Å². The number of sulfone groups is 1. The van der Waals surface area contributed by atoms with E-state index in [4.69, 9.17) is 0 Å².